The molecule has 1 heterocycles. The van der Waals surface area contributed by atoms with Crippen molar-refractivity contribution in [3.05, 3.63) is 0 Å². The number of aliphatic hydroxyl groups is 1. The van der Waals surface area contributed by atoms with Gasteiger partial charge in [0.05, 0.1) is 11.7 Å². The predicted octanol–water partition coefficient (Wildman–Crippen LogP) is 1.73. The second-order valence-electron chi connectivity index (χ2n) is 4.93. The number of ether oxygens (including phenoxy) is 2. The van der Waals surface area contributed by atoms with E-state index in [-0.39, 0.29) is 11.7 Å². The molecule has 3 heteroatoms. The molecule has 0 aromatic heterocycles. The molecule has 0 aromatic rings. The van der Waals surface area contributed by atoms with Gasteiger partial charge in [0.25, 0.3) is 0 Å². The smallest absolute Gasteiger partial charge is 0.0936 e. The summed E-state index contributed by atoms with van der Waals surface area (Å²) in [5, 5.41) is 10.2. The third-order valence-corrected chi connectivity index (χ3v) is 4.11. The van der Waals surface area contributed by atoms with Gasteiger partial charge in [0.15, 0.2) is 0 Å². The first-order valence-corrected chi connectivity index (χ1v) is 6.08. The van der Waals surface area contributed by atoms with Crippen LogP contribution in [0.2, 0.25) is 0 Å². The molecule has 1 aliphatic carbocycles. The van der Waals surface area contributed by atoms with Crippen LogP contribution in [0.4, 0.5) is 0 Å². The highest BCUT2D eigenvalue weighted by Gasteiger charge is 2.44. The lowest BCUT2D eigenvalue weighted by Crippen LogP contribution is -2.50. The minimum absolute atomic E-state index is 0.210. The summed E-state index contributed by atoms with van der Waals surface area (Å²) in [5.74, 6) is 0.626. The van der Waals surface area contributed by atoms with E-state index in [1.165, 1.54) is 6.42 Å². The van der Waals surface area contributed by atoms with Crippen molar-refractivity contribution >= 4 is 0 Å². The van der Waals surface area contributed by atoms with Crippen LogP contribution in [-0.2, 0) is 9.47 Å². The second kappa shape index (κ2) is 4.81. The molecule has 0 aromatic carbocycles. The molecule has 1 N–H and O–H groups in total. The third kappa shape index (κ3) is 2.35. The van der Waals surface area contributed by atoms with Crippen molar-refractivity contribution in [3.8, 4) is 0 Å². The van der Waals surface area contributed by atoms with Crippen LogP contribution in [0.5, 0.6) is 0 Å². The van der Waals surface area contributed by atoms with E-state index in [1.54, 1.807) is 7.11 Å². The zero-order valence-electron chi connectivity index (χ0n) is 9.58. The van der Waals surface area contributed by atoms with Gasteiger partial charge in [-0.05, 0) is 44.4 Å². The average Bonchev–Trinajstić information content (AvgIpc) is 2.18. The van der Waals surface area contributed by atoms with Crippen LogP contribution >= 0.6 is 0 Å². The summed E-state index contributed by atoms with van der Waals surface area (Å²) in [6.07, 6.45) is 6.03. The predicted molar refractivity (Wildman–Crippen MR) is 57.8 cm³/mol. The number of hydrogen-bond donors (Lipinski definition) is 1. The Morgan fingerprint density at radius 3 is 2.53 bits per heavy atom. The molecule has 2 rings (SSSR count). The highest BCUT2D eigenvalue weighted by atomic mass is 16.5. The molecule has 2 aliphatic rings. The number of aliphatic hydroxyl groups excluding tert-OH is 1. The molecule has 0 amide bonds. The van der Waals surface area contributed by atoms with Gasteiger partial charge in [0.2, 0.25) is 0 Å². The SMILES string of the molecule is COC1(C(O)CC2CCOCC2)CCC1. The van der Waals surface area contributed by atoms with Crippen molar-refractivity contribution in [2.45, 2.75) is 50.2 Å². The summed E-state index contributed by atoms with van der Waals surface area (Å²) >= 11 is 0. The molecule has 2 fully saturated rings. The third-order valence-electron chi connectivity index (χ3n) is 4.11. The van der Waals surface area contributed by atoms with Crippen molar-refractivity contribution in [1.29, 1.82) is 0 Å². The molecule has 15 heavy (non-hydrogen) atoms. The lowest BCUT2D eigenvalue weighted by molar-refractivity contribution is -0.157. The Morgan fingerprint density at radius 1 is 1.40 bits per heavy atom. The van der Waals surface area contributed by atoms with Crippen LogP contribution in [0.15, 0.2) is 0 Å². The molecule has 3 nitrogen and oxygen atoms in total. The molecule has 1 unspecified atom stereocenters. The molecule has 1 saturated carbocycles. The number of hydrogen-bond acceptors (Lipinski definition) is 3. The molecular weight excluding hydrogens is 192 g/mol. The van der Waals surface area contributed by atoms with E-state index in [0.29, 0.717) is 5.92 Å². The Kier molecular flexibility index (Phi) is 3.65. The summed E-state index contributed by atoms with van der Waals surface area (Å²) in [4.78, 5) is 0. The van der Waals surface area contributed by atoms with Crippen LogP contribution in [-0.4, -0.2) is 37.1 Å². The highest BCUT2D eigenvalue weighted by Crippen LogP contribution is 2.40. The van der Waals surface area contributed by atoms with Gasteiger partial charge in [0.1, 0.15) is 0 Å². The largest absolute Gasteiger partial charge is 0.390 e. The molecule has 0 radical (unpaired) electrons. The lowest BCUT2D eigenvalue weighted by atomic mass is 9.73. The van der Waals surface area contributed by atoms with Gasteiger partial charge < -0.3 is 14.6 Å². The Labute approximate surface area is 91.8 Å². The van der Waals surface area contributed by atoms with Gasteiger partial charge in [-0.25, -0.2) is 0 Å². The van der Waals surface area contributed by atoms with E-state index in [0.717, 1.165) is 45.3 Å². The minimum atomic E-state index is -0.278. The van der Waals surface area contributed by atoms with Crippen LogP contribution in [0.1, 0.15) is 38.5 Å². The first-order chi connectivity index (χ1) is 7.27. The standard InChI is InChI=1S/C12H22O3/c1-14-12(5-2-6-12)11(13)9-10-3-7-15-8-4-10/h10-11,13H,2-9H2,1H3. The molecule has 1 saturated heterocycles. The zero-order valence-corrected chi connectivity index (χ0v) is 9.58. The maximum atomic E-state index is 10.2. The van der Waals surface area contributed by atoms with Gasteiger partial charge >= 0.3 is 0 Å². The highest BCUT2D eigenvalue weighted by molar-refractivity contribution is 4.96. The van der Waals surface area contributed by atoms with Gasteiger partial charge in [-0.1, -0.05) is 0 Å². The molecule has 88 valence electrons. The monoisotopic (exact) mass is 214 g/mol. The first-order valence-electron chi connectivity index (χ1n) is 6.08. The first kappa shape index (κ1) is 11.4. The van der Waals surface area contributed by atoms with Crippen LogP contribution in [0.25, 0.3) is 0 Å². The van der Waals surface area contributed by atoms with Crippen LogP contribution in [0, 0.1) is 5.92 Å². The molecule has 0 spiro atoms. The quantitative estimate of drug-likeness (QED) is 0.774. The van der Waals surface area contributed by atoms with Crippen molar-refractivity contribution < 1.29 is 14.6 Å². The second-order valence-corrected chi connectivity index (χ2v) is 4.93. The molecule has 0 bridgehead atoms. The summed E-state index contributed by atoms with van der Waals surface area (Å²) in [7, 11) is 1.73. The average molecular weight is 214 g/mol. The summed E-state index contributed by atoms with van der Waals surface area (Å²) in [5.41, 5.74) is -0.210. The zero-order chi connectivity index (χ0) is 10.7. The van der Waals surface area contributed by atoms with Crippen molar-refractivity contribution in [2.24, 2.45) is 5.92 Å². The fourth-order valence-corrected chi connectivity index (χ4v) is 2.71. The van der Waals surface area contributed by atoms with E-state index in [1.807, 2.05) is 0 Å². The minimum Gasteiger partial charge on any atom is -0.390 e. The fraction of sp³-hybridized carbons (Fsp3) is 1.00. The Bertz CT molecular complexity index is 190. The summed E-state index contributed by atoms with van der Waals surface area (Å²) in [6, 6.07) is 0. The number of rotatable bonds is 4. The maximum Gasteiger partial charge on any atom is 0.0936 e. The van der Waals surface area contributed by atoms with E-state index >= 15 is 0 Å². The van der Waals surface area contributed by atoms with Gasteiger partial charge in [-0.15, -0.1) is 0 Å². The number of methoxy groups -OCH3 is 1. The van der Waals surface area contributed by atoms with Crippen molar-refractivity contribution in [2.75, 3.05) is 20.3 Å². The maximum absolute atomic E-state index is 10.2. The van der Waals surface area contributed by atoms with Crippen molar-refractivity contribution in [3.63, 3.8) is 0 Å². The van der Waals surface area contributed by atoms with Gasteiger partial charge in [-0.3, -0.25) is 0 Å². The van der Waals surface area contributed by atoms with Gasteiger partial charge in [0, 0.05) is 20.3 Å². The Morgan fingerprint density at radius 2 is 2.07 bits per heavy atom. The lowest BCUT2D eigenvalue weighted by Gasteiger charge is -2.45. The molecular formula is C12H22O3. The Balaban J connectivity index is 1.82. The van der Waals surface area contributed by atoms with E-state index in [2.05, 4.69) is 0 Å². The van der Waals surface area contributed by atoms with E-state index < -0.39 is 0 Å². The molecule has 1 atom stereocenters. The van der Waals surface area contributed by atoms with Crippen molar-refractivity contribution in [1.82, 2.24) is 0 Å². The Hall–Kier alpha value is -0.120. The fourth-order valence-electron chi connectivity index (χ4n) is 2.71. The normalized spacial score (nSPS) is 28.4. The molecule has 1 aliphatic heterocycles. The van der Waals surface area contributed by atoms with E-state index in [4.69, 9.17) is 9.47 Å². The summed E-state index contributed by atoms with van der Waals surface area (Å²) in [6.45, 7) is 1.72. The van der Waals surface area contributed by atoms with Crippen LogP contribution < -0.4 is 0 Å². The summed E-state index contributed by atoms with van der Waals surface area (Å²) < 4.78 is 10.8. The van der Waals surface area contributed by atoms with Crippen LogP contribution in [0.3, 0.4) is 0 Å². The van der Waals surface area contributed by atoms with E-state index in [9.17, 15) is 5.11 Å². The van der Waals surface area contributed by atoms with Gasteiger partial charge in [-0.2, -0.15) is 0 Å². The topological polar surface area (TPSA) is 38.7 Å².